The van der Waals surface area contributed by atoms with Gasteiger partial charge in [0.05, 0.1) is 22.9 Å². The van der Waals surface area contributed by atoms with Gasteiger partial charge < -0.3 is 5.11 Å². The Kier molecular flexibility index (Phi) is 4.67. The average Bonchev–Trinajstić information content (AvgIpc) is 3.12. The quantitative estimate of drug-likeness (QED) is 0.849. The van der Waals surface area contributed by atoms with Crippen molar-refractivity contribution < 1.29 is 5.11 Å². The first-order chi connectivity index (χ1) is 10.1. The van der Waals surface area contributed by atoms with Crippen LogP contribution < -0.4 is 0 Å². The van der Waals surface area contributed by atoms with Crippen molar-refractivity contribution in [2.24, 2.45) is 0 Å². The lowest BCUT2D eigenvalue weighted by molar-refractivity contribution is 0.177. The molecule has 3 nitrogen and oxygen atoms in total. The molecule has 0 bridgehead atoms. The van der Waals surface area contributed by atoms with Crippen LogP contribution in [0.15, 0.2) is 34.9 Å². The van der Waals surface area contributed by atoms with Gasteiger partial charge in [0.1, 0.15) is 0 Å². The Morgan fingerprint density at radius 1 is 1.33 bits per heavy atom. The molecule has 0 amide bonds. The van der Waals surface area contributed by atoms with Crippen molar-refractivity contribution in [3.8, 4) is 0 Å². The normalized spacial score (nSPS) is 17.3. The number of aromatic nitrogens is 2. The summed E-state index contributed by atoms with van der Waals surface area (Å²) in [4.78, 5) is 0. The van der Waals surface area contributed by atoms with Crippen molar-refractivity contribution in [3.63, 3.8) is 0 Å². The minimum Gasteiger partial charge on any atom is -0.388 e. The summed E-state index contributed by atoms with van der Waals surface area (Å²) < 4.78 is 2.90. The van der Waals surface area contributed by atoms with E-state index in [4.69, 9.17) is 11.6 Å². The van der Waals surface area contributed by atoms with Gasteiger partial charge in [-0.1, -0.05) is 30.5 Å². The average molecular weight is 370 g/mol. The van der Waals surface area contributed by atoms with Crippen molar-refractivity contribution in [1.29, 1.82) is 0 Å². The molecule has 1 atom stereocenters. The van der Waals surface area contributed by atoms with Crippen LogP contribution in [0.2, 0.25) is 5.02 Å². The van der Waals surface area contributed by atoms with E-state index in [1.807, 2.05) is 24.4 Å². The summed E-state index contributed by atoms with van der Waals surface area (Å²) in [6, 6.07) is 8.08. The summed E-state index contributed by atoms with van der Waals surface area (Å²) >= 11 is 9.43. The van der Waals surface area contributed by atoms with Crippen LogP contribution in [-0.4, -0.2) is 14.9 Å². The zero-order valence-electron chi connectivity index (χ0n) is 11.7. The number of halogens is 2. The summed E-state index contributed by atoms with van der Waals surface area (Å²) in [5, 5.41) is 15.6. The Hall–Kier alpha value is -0.840. The third-order valence-corrected chi connectivity index (χ3v) is 5.33. The Labute approximate surface area is 138 Å². The number of benzene rings is 1. The van der Waals surface area contributed by atoms with Crippen molar-refractivity contribution >= 4 is 27.5 Å². The van der Waals surface area contributed by atoms with E-state index in [0.717, 1.165) is 15.7 Å². The smallest absolute Gasteiger partial charge is 0.0846 e. The molecule has 3 rings (SSSR count). The van der Waals surface area contributed by atoms with Crippen molar-refractivity contribution in [2.75, 3.05) is 0 Å². The maximum atomic E-state index is 10.3. The van der Waals surface area contributed by atoms with Crippen molar-refractivity contribution in [1.82, 2.24) is 9.78 Å². The molecule has 112 valence electrons. The minimum absolute atomic E-state index is 0.512. The summed E-state index contributed by atoms with van der Waals surface area (Å²) in [5.74, 6) is 0. The molecule has 0 aliphatic heterocycles. The second kappa shape index (κ2) is 6.51. The van der Waals surface area contributed by atoms with Gasteiger partial charge in [-0.15, -0.1) is 0 Å². The second-order valence-electron chi connectivity index (χ2n) is 5.62. The zero-order valence-corrected chi connectivity index (χ0v) is 14.0. The van der Waals surface area contributed by atoms with Gasteiger partial charge in [-0.25, -0.2) is 0 Å². The molecule has 21 heavy (non-hydrogen) atoms. The highest BCUT2D eigenvalue weighted by Gasteiger charge is 2.18. The third kappa shape index (κ3) is 3.50. The van der Waals surface area contributed by atoms with Gasteiger partial charge in [0, 0.05) is 17.1 Å². The van der Waals surface area contributed by atoms with E-state index in [1.54, 1.807) is 6.07 Å². The molecule has 1 N–H and O–H groups in total. The fourth-order valence-corrected chi connectivity index (χ4v) is 3.33. The molecule has 1 fully saturated rings. The van der Waals surface area contributed by atoms with E-state index in [1.165, 1.54) is 25.7 Å². The van der Waals surface area contributed by atoms with Crippen LogP contribution in [0, 0.1) is 0 Å². The first-order valence-corrected chi connectivity index (χ1v) is 8.47. The number of hydrogen-bond acceptors (Lipinski definition) is 2. The highest BCUT2D eigenvalue weighted by molar-refractivity contribution is 9.10. The Balaban J connectivity index is 1.69. The molecular weight excluding hydrogens is 352 g/mol. The monoisotopic (exact) mass is 368 g/mol. The lowest BCUT2D eigenvalue weighted by Gasteiger charge is -2.11. The van der Waals surface area contributed by atoms with Gasteiger partial charge in [-0.2, -0.15) is 5.10 Å². The van der Waals surface area contributed by atoms with Gasteiger partial charge in [-0.05, 0) is 52.5 Å². The van der Waals surface area contributed by atoms with E-state index in [2.05, 4.69) is 25.7 Å². The van der Waals surface area contributed by atoms with Crippen LogP contribution in [0.1, 0.15) is 49.1 Å². The fourth-order valence-electron chi connectivity index (χ4n) is 2.89. The van der Waals surface area contributed by atoms with E-state index in [0.29, 0.717) is 17.5 Å². The molecule has 0 saturated heterocycles. The van der Waals surface area contributed by atoms with Gasteiger partial charge >= 0.3 is 0 Å². The lowest BCUT2D eigenvalue weighted by Crippen LogP contribution is -2.07. The van der Waals surface area contributed by atoms with E-state index < -0.39 is 6.10 Å². The number of aliphatic hydroxyl groups excluding tert-OH is 1. The summed E-state index contributed by atoms with van der Waals surface area (Å²) in [6.07, 6.45) is 6.98. The Morgan fingerprint density at radius 2 is 2.10 bits per heavy atom. The molecule has 5 heteroatoms. The van der Waals surface area contributed by atoms with E-state index in [-0.39, 0.29) is 0 Å². The van der Waals surface area contributed by atoms with Crippen LogP contribution >= 0.6 is 27.5 Å². The Morgan fingerprint density at radius 3 is 2.81 bits per heavy atom. The summed E-state index contributed by atoms with van der Waals surface area (Å²) in [7, 11) is 0. The minimum atomic E-state index is -0.581. The van der Waals surface area contributed by atoms with Gasteiger partial charge in [-0.3, -0.25) is 4.68 Å². The molecule has 1 saturated carbocycles. The maximum Gasteiger partial charge on any atom is 0.0846 e. The van der Waals surface area contributed by atoms with E-state index in [9.17, 15) is 5.11 Å². The summed E-state index contributed by atoms with van der Waals surface area (Å²) in [6.45, 7) is 0. The number of rotatable bonds is 4. The third-order valence-electron chi connectivity index (χ3n) is 4.09. The molecule has 1 aromatic carbocycles. The van der Waals surface area contributed by atoms with Gasteiger partial charge in [0.15, 0.2) is 0 Å². The van der Waals surface area contributed by atoms with Gasteiger partial charge in [0.25, 0.3) is 0 Å². The first kappa shape index (κ1) is 15.1. The van der Waals surface area contributed by atoms with Crippen LogP contribution in [0.25, 0.3) is 0 Å². The molecule has 1 heterocycles. The second-order valence-corrected chi connectivity index (χ2v) is 6.88. The number of hydrogen-bond donors (Lipinski definition) is 1. The first-order valence-electron chi connectivity index (χ1n) is 7.30. The Bertz CT molecular complexity index is 622. The molecule has 0 radical (unpaired) electrons. The lowest BCUT2D eigenvalue weighted by atomic mass is 10.1. The zero-order chi connectivity index (χ0) is 14.8. The number of aliphatic hydroxyl groups is 1. The highest BCUT2D eigenvalue weighted by atomic mass is 79.9. The molecular formula is C16H18BrClN2O. The number of nitrogens with zero attached hydrogens (tertiary/aromatic N) is 2. The van der Waals surface area contributed by atoms with Crippen LogP contribution in [0.5, 0.6) is 0 Å². The SMILES string of the molecule is OC(Cc1ccn(C2CCCC2)n1)c1ccc(Br)c(Cl)c1. The molecule has 2 aromatic rings. The molecule has 1 aliphatic carbocycles. The topological polar surface area (TPSA) is 38.0 Å². The van der Waals surface area contributed by atoms with Crippen molar-refractivity contribution in [2.45, 2.75) is 44.2 Å². The molecule has 1 aliphatic rings. The standard InChI is InChI=1S/C16H18BrClN2O/c17-14-6-5-11(9-15(14)18)16(21)10-12-7-8-20(19-12)13-3-1-2-4-13/h5-9,13,16,21H,1-4,10H2. The van der Waals surface area contributed by atoms with Crippen molar-refractivity contribution in [3.05, 3.63) is 51.2 Å². The molecule has 0 spiro atoms. The summed E-state index contributed by atoms with van der Waals surface area (Å²) in [5.41, 5.74) is 1.74. The highest BCUT2D eigenvalue weighted by Crippen LogP contribution is 2.30. The largest absolute Gasteiger partial charge is 0.388 e. The van der Waals surface area contributed by atoms with E-state index >= 15 is 0 Å². The van der Waals surface area contributed by atoms with Crippen LogP contribution in [0.3, 0.4) is 0 Å². The van der Waals surface area contributed by atoms with Crippen LogP contribution in [0.4, 0.5) is 0 Å². The predicted molar refractivity (Wildman–Crippen MR) is 87.5 cm³/mol. The van der Waals surface area contributed by atoms with Gasteiger partial charge in [0.2, 0.25) is 0 Å². The van der Waals surface area contributed by atoms with Crippen LogP contribution in [-0.2, 0) is 6.42 Å². The maximum absolute atomic E-state index is 10.3. The predicted octanol–water partition coefficient (Wildman–Crippen LogP) is 4.69. The molecule has 1 aromatic heterocycles. The fraction of sp³-hybridized carbons (Fsp3) is 0.438. The molecule has 1 unspecified atom stereocenters.